The van der Waals surface area contributed by atoms with Gasteiger partial charge in [-0.3, -0.25) is 9.69 Å². The summed E-state index contributed by atoms with van der Waals surface area (Å²) in [6.45, 7) is 3.95. The molecule has 0 N–H and O–H groups in total. The summed E-state index contributed by atoms with van der Waals surface area (Å²) in [5.41, 5.74) is 4.17. The van der Waals surface area contributed by atoms with Crippen LogP contribution in [0.4, 0.5) is 5.69 Å². The van der Waals surface area contributed by atoms with Crippen molar-refractivity contribution in [2.45, 2.75) is 13.8 Å². The van der Waals surface area contributed by atoms with Crippen LogP contribution in [0.15, 0.2) is 47.4 Å². The molecule has 1 fully saturated rings. The summed E-state index contributed by atoms with van der Waals surface area (Å²) in [6.07, 6.45) is 1.78. The van der Waals surface area contributed by atoms with E-state index in [1.807, 2.05) is 32.0 Å². The standard InChI is InChI=1S/C20H17NO3S2/c1-12-4-5-13(2)16(10-12)21-18(22)17(26-20(21)25)11-14-6-8-15(9-7-14)19(23)24-3/h4-11H,1-3H3/b17-11-. The molecule has 132 valence electrons. The summed E-state index contributed by atoms with van der Waals surface area (Å²) in [4.78, 5) is 26.5. The van der Waals surface area contributed by atoms with Crippen LogP contribution in [0.2, 0.25) is 0 Å². The molecule has 0 aliphatic carbocycles. The number of nitrogens with zero attached hydrogens (tertiary/aromatic N) is 1. The number of hydrogen-bond acceptors (Lipinski definition) is 5. The number of carbonyl (C=O) groups excluding carboxylic acids is 2. The Hall–Kier alpha value is -2.44. The van der Waals surface area contributed by atoms with Crippen molar-refractivity contribution in [3.8, 4) is 0 Å². The van der Waals surface area contributed by atoms with Crippen molar-refractivity contribution in [3.63, 3.8) is 0 Å². The number of benzene rings is 2. The van der Waals surface area contributed by atoms with Gasteiger partial charge in [-0.15, -0.1) is 0 Å². The van der Waals surface area contributed by atoms with Gasteiger partial charge >= 0.3 is 5.97 Å². The lowest BCUT2D eigenvalue weighted by Crippen LogP contribution is -2.28. The van der Waals surface area contributed by atoms with E-state index in [0.717, 1.165) is 22.4 Å². The van der Waals surface area contributed by atoms with Crippen LogP contribution in [0.1, 0.15) is 27.0 Å². The van der Waals surface area contributed by atoms with E-state index in [4.69, 9.17) is 12.2 Å². The SMILES string of the molecule is COC(=O)c1ccc(/C=C2\SC(=S)N(c3cc(C)ccc3C)C2=O)cc1. The van der Waals surface area contributed by atoms with Gasteiger partial charge in [-0.2, -0.15) is 0 Å². The van der Waals surface area contributed by atoms with Gasteiger partial charge in [0.1, 0.15) is 0 Å². The molecule has 0 spiro atoms. The third-order valence-corrected chi connectivity index (χ3v) is 5.33. The lowest BCUT2D eigenvalue weighted by atomic mass is 10.1. The minimum Gasteiger partial charge on any atom is -0.465 e. The van der Waals surface area contributed by atoms with Gasteiger partial charge in [0.25, 0.3) is 5.91 Å². The van der Waals surface area contributed by atoms with E-state index in [1.54, 1.807) is 35.2 Å². The van der Waals surface area contributed by atoms with Crippen LogP contribution in [-0.2, 0) is 9.53 Å². The molecule has 0 bridgehead atoms. The smallest absolute Gasteiger partial charge is 0.337 e. The first-order valence-corrected chi connectivity index (χ1v) is 9.17. The molecular weight excluding hydrogens is 366 g/mol. The molecule has 1 amide bonds. The van der Waals surface area contributed by atoms with Crippen molar-refractivity contribution in [2.75, 3.05) is 12.0 Å². The molecule has 6 heteroatoms. The topological polar surface area (TPSA) is 46.6 Å². The van der Waals surface area contributed by atoms with Crippen LogP contribution in [0.3, 0.4) is 0 Å². The molecule has 0 radical (unpaired) electrons. The number of thioether (sulfide) groups is 1. The van der Waals surface area contributed by atoms with Crippen molar-refractivity contribution in [1.82, 2.24) is 0 Å². The number of ether oxygens (including phenoxy) is 1. The second-order valence-corrected chi connectivity index (χ2v) is 7.60. The van der Waals surface area contributed by atoms with Gasteiger partial charge in [0.15, 0.2) is 4.32 Å². The van der Waals surface area contributed by atoms with Crippen LogP contribution < -0.4 is 4.90 Å². The lowest BCUT2D eigenvalue weighted by molar-refractivity contribution is -0.113. The number of rotatable bonds is 3. The highest BCUT2D eigenvalue weighted by Gasteiger charge is 2.34. The number of methoxy groups -OCH3 is 1. The summed E-state index contributed by atoms with van der Waals surface area (Å²) >= 11 is 6.71. The fourth-order valence-electron chi connectivity index (χ4n) is 2.62. The van der Waals surface area contributed by atoms with E-state index in [1.165, 1.54) is 18.9 Å². The van der Waals surface area contributed by atoms with Crippen LogP contribution in [0, 0.1) is 13.8 Å². The molecule has 0 atom stereocenters. The number of aryl methyl sites for hydroxylation is 2. The lowest BCUT2D eigenvalue weighted by Gasteiger charge is -2.17. The number of anilines is 1. The Morgan fingerprint density at radius 2 is 1.85 bits per heavy atom. The van der Waals surface area contributed by atoms with E-state index in [2.05, 4.69) is 4.74 Å². The zero-order valence-corrected chi connectivity index (χ0v) is 16.2. The molecule has 0 saturated carbocycles. The van der Waals surface area contributed by atoms with Crippen molar-refractivity contribution in [1.29, 1.82) is 0 Å². The Balaban J connectivity index is 1.90. The van der Waals surface area contributed by atoms with Crippen LogP contribution >= 0.6 is 24.0 Å². The Labute approximate surface area is 161 Å². The molecule has 0 aromatic heterocycles. The Morgan fingerprint density at radius 3 is 2.50 bits per heavy atom. The van der Waals surface area contributed by atoms with E-state index in [-0.39, 0.29) is 5.91 Å². The third kappa shape index (κ3) is 3.57. The minimum absolute atomic E-state index is 0.134. The van der Waals surface area contributed by atoms with Gasteiger partial charge < -0.3 is 4.74 Å². The van der Waals surface area contributed by atoms with Crippen LogP contribution in [0.5, 0.6) is 0 Å². The molecule has 1 aliphatic heterocycles. The summed E-state index contributed by atoms with van der Waals surface area (Å²) in [5.74, 6) is -0.524. The summed E-state index contributed by atoms with van der Waals surface area (Å²) in [5, 5.41) is 0. The van der Waals surface area contributed by atoms with Crippen LogP contribution in [0.25, 0.3) is 6.08 Å². The van der Waals surface area contributed by atoms with Gasteiger partial charge in [0, 0.05) is 0 Å². The highest BCUT2D eigenvalue weighted by molar-refractivity contribution is 8.27. The van der Waals surface area contributed by atoms with Gasteiger partial charge in [0.05, 0.1) is 23.3 Å². The van der Waals surface area contributed by atoms with E-state index in [9.17, 15) is 9.59 Å². The second-order valence-electron chi connectivity index (χ2n) is 5.92. The largest absolute Gasteiger partial charge is 0.465 e. The maximum absolute atomic E-state index is 12.9. The zero-order valence-electron chi connectivity index (χ0n) is 14.6. The Kier molecular flexibility index (Phi) is 5.25. The predicted octanol–water partition coefficient (Wildman–Crippen LogP) is 4.50. The van der Waals surface area contributed by atoms with Gasteiger partial charge in [-0.05, 0) is 54.8 Å². The molecule has 2 aromatic rings. The quantitative estimate of drug-likeness (QED) is 0.444. The first kappa shape index (κ1) is 18.4. The molecule has 4 nitrogen and oxygen atoms in total. The molecule has 1 saturated heterocycles. The van der Waals surface area contributed by atoms with Gasteiger partial charge in [-0.25, -0.2) is 4.79 Å². The normalized spacial score (nSPS) is 15.7. The fraction of sp³-hybridized carbons (Fsp3) is 0.150. The second kappa shape index (κ2) is 7.43. The van der Waals surface area contributed by atoms with Gasteiger partial charge in [-0.1, -0.05) is 48.2 Å². The number of esters is 1. The van der Waals surface area contributed by atoms with E-state index in [0.29, 0.717) is 14.8 Å². The molecule has 1 heterocycles. The Bertz CT molecular complexity index is 933. The molecule has 1 aliphatic rings. The van der Waals surface area contributed by atoms with Crippen molar-refractivity contribution in [3.05, 3.63) is 69.6 Å². The third-order valence-electron chi connectivity index (χ3n) is 4.03. The average molecular weight is 383 g/mol. The van der Waals surface area contributed by atoms with Crippen LogP contribution in [-0.4, -0.2) is 23.3 Å². The van der Waals surface area contributed by atoms with Crippen molar-refractivity contribution < 1.29 is 14.3 Å². The number of amides is 1. The molecule has 3 rings (SSSR count). The zero-order chi connectivity index (χ0) is 18.8. The van der Waals surface area contributed by atoms with E-state index < -0.39 is 5.97 Å². The average Bonchev–Trinajstić information content (AvgIpc) is 2.90. The molecular formula is C20H17NO3S2. The molecule has 2 aromatic carbocycles. The maximum atomic E-state index is 12.9. The number of carbonyl (C=O) groups is 2. The molecule has 26 heavy (non-hydrogen) atoms. The molecule has 0 unspecified atom stereocenters. The van der Waals surface area contributed by atoms with Crippen molar-refractivity contribution in [2.24, 2.45) is 0 Å². The highest BCUT2D eigenvalue weighted by atomic mass is 32.2. The first-order valence-electron chi connectivity index (χ1n) is 7.94. The maximum Gasteiger partial charge on any atom is 0.337 e. The summed E-state index contributed by atoms with van der Waals surface area (Å²) in [6, 6.07) is 12.8. The van der Waals surface area contributed by atoms with Crippen molar-refractivity contribution >= 4 is 51.9 Å². The predicted molar refractivity (Wildman–Crippen MR) is 109 cm³/mol. The first-order chi connectivity index (χ1) is 12.4. The highest BCUT2D eigenvalue weighted by Crippen LogP contribution is 2.37. The van der Waals surface area contributed by atoms with E-state index >= 15 is 0 Å². The number of hydrogen-bond donors (Lipinski definition) is 0. The summed E-state index contributed by atoms with van der Waals surface area (Å²) < 4.78 is 5.20. The van der Waals surface area contributed by atoms with Gasteiger partial charge in [0.2, 0.25) is 0 Å². The monoisotopic (exact) mass is 383 g/mol. The summed E-state index contributed by atoms with van der Waals surface area (Å²) in [7, 11) is 1.34. The number of thiocarbonyl (C=S) groups is 1. The minimum atomic E-state index is -0.391. The Morgan fingerprint density at radius 1 is 1.15 bits per heavy atom. The fourth-order valence-corrected chi connectivity index (χ4v) is 3.91.